The lowest BCUT2D eigenvalue weighted by Gasteiger charge is -2.43. The molecule has 0 bridgehead atoms. The van der Waals surface area contributed by atoms with E-state index in [4.69, 9.17) is 16.3 Å². The van der Waals surface area contributed by atoms with Crippen molar-refractivity contribution in [2.24, 2.45) is 0 Å². The molecule has 1 aromatic carbocycles. The number of rotatable bonds is 5. The Hall–Kier alpha value is -2.41. The van der Waals surface area contributed by atoms with E-state index in [1.165, 1.54) is 9.80 Å². The molecule has 2 fully saturated rings. The molecule has 0 spiro atoms. The summed E-state index contributed by atoms with van der Waals surface area (Å²) < 4.78 is 5.20. The molecule has 0 radical (unpaired) electrons. The van der Waals surface area contributed by atoms with E-state index in [2.05, 4.69) is 0 Å². The highest BCUT2D eigenvalue weighted by molar-refractivity contribution is 6.31. The first-order valence-electron chi connectivity index (χ1n) is 9.76. The Morgan fingerprint density at radius 1 is 1.24 bits per heavy atom. The van der Waals surface area contributed by atoms with Gasteiger partial charge in [0.25, 0.3) is 5.91 Å². The molecular formula is C21H25ClN2O5. The summed E-state index contributed by atoms with van der Waals surface area (Å²) in [7, 11) is 3.09. The zero-order valence-electron chi connectivity index (χ0n) is 16.7. The second kappa shape index (κ2) is 8.53. The first-order valence-corrected chi connectivity index (χ1v) is 10.1. The van der Waals surface area contributed by atoms with Crippen molar-refractivity contribution >= 4 is 35.2 Å². The number of likely N-dealkylation sites (tertiary alicyclic amines) is 1. The molecule has 2 aliphatic rings. The van der Waals surface area contributed by atoms with Crippen molar-refractivity contribution in [1.82, 2.24) is 9.80 Å². The van der Waals surface area contributed by atoms with Gasteiger partial charge >= 0.3 is 5.97 Å². The molecule has 1 aliphatic heterocycles. The Bertz CT molecular complexity index is 842. The molecule has 1 aromatic rings. The van der Waals surface area contributed by atoms with Crippen LogP contribution >= 0.6 is 11.6 Å². The summed E-state index contributed by atoms with van der Waals surface area (Å²) in [4.78, 5) is 52.6. The van der Waals surface area contributed by atoms with Crippen LogP contribution in [0.4, 0.5) is 0 Å². The highest BCUT2D eigenvalue weighted by Crippen LogP contribution is 2.42. The van der Waals surface area contributed by atoms with Crippen LogP contribution in [-0.4, -0.2) is 60.1 Å². The van der Waals surface area contributed by atoms with Crippen LogP contribution in [0.25, 0.3) is 0 Å². The first-order chi connectivity index (χ1) is 13.8. The maximum absolute atomic E-state index is 13.0. The lowest BCUT2D eigenvalue weighted by molar-refractivity contribution is -0.160. The van der Waals surface area contributed by atoms with Gasteiger partial charge < -0.3 is 14.5 Å². The normalized spacial score (nSPS) is 24.5. The quantitative estimate of drug-likeness (QED) is 0.682. The first kappa shape index (κ1) is 21.3. The molecule has 2 atom stereocenters. The number of benzene rings is 1. The molecule has 1 aliphatic carbocycles. The number of amides is 2. The minimum absolute atomic E-state index is 0.0693. The highest BCUT2D eigenvalue weighted by Gasteiger charge is 2.48. The smallest absolute Gasteiger partial charge is 0.329 e. The fourth-order valence-electron chi connectivity index (χ4n) is 4.25. The third kappa shape index (κ3) is 3.88. The molecular weight excluding hydrogens is 396 g/mol. The van der Waals surface area contributed by atoms with Gasteiger partial charge in [-0.3, -0.25) is 14.4 Å². The van der Waals surface area contributed by atoms with Gasteiger partial charge in [0.1, 0.15) is 11.6 Å². The van der Waals surface area contributed by atoms with Gasteiger partial charge in [0, 0.05) is 37.5 Å². The van der Waals surface area contributed by atoms with Gasteiger partial charge in [-0.1, -0.05) is 29.8 Å². The Morgan fingerprint density at radius 3 is 2.59 bits per heavy atom. The van der Waals surface area contributed by atoms with Crippen LogP contribution in [0.5, 0.6) is 0 Å². The number of hydrogen-bond donors (Lipinski definition) is 0. The van der Waals surface area contributed by atoms with Gasteiger partial charge in [-0.05, 0) is 31.7 Å². The average Bonchev–Trinajstić information content (AvgIpc) is 3.05. The van der Waals surface area contributed by atoms with Crippen molar-refractivity contribution in [2.45, 2.75) is 50.1 Å². The zero-order valence-corrected chi connectivity index (χ0v) is 17.4. The molecule has 1 saturated heterocycles. The molecule has 1 unspecified atom stereocenters. The largest absolute Gasteiger partial charge is 0.454 e. The minimum atomic E-state index is -1.17. The molecule has 7 nitrogen and oxygen atoms in total. The number of hydrogen-bond acceptors (Lipinski definition) is 5. The van der Waals surface area contributed by atoms with Crippen molar-refractivity contribution in [1.29, 1.82) is 0 Å². The third-order valence-corrected chi connectivity index (χ3v) is 6.35. The van der Waals surface area contributed by atoms with E-state index in [1.807, 2.05) is 0 Å². The standard InChI is InChI=1S/C21H25ClN2O5/c1-23-16(10-11-18(23)26)20(28)29-13-19(27)24(2)21(12-6-5-9-17(21)25)14-7-3-4-8-15(14)22/h3-4,7-8,16H,5-6,9-13H2,1-2H3/t16-,21?/m0/s1. The van der Waals surface area contributed by atoms with Crippen molar-refractivity contribution in [3.8, 4) is 0 Å². The van der Waals surface area contributed by atoms with Crippen molar-refractivity contribution < 1.29 is 23.9 Å². The maximum atomic E-state index is 13.0. The second-order valence-electron chi connectivity index (χ2n) is 7.59. The molecule has 2 amide bonds. The molecule has 0 aromatic heterocycles. The fourth-order valence-corrected chi connectivity index (χ4v) is 4.54. The van der Waals surface area contributed by atoms with E-state index in [0.29, 0.717) is 29.8 Å². The Morgan fingerprint density at radius 2 is 1.97 bits per heavy atom. The highest BCUT2D eigenvalue weighted by atomic mass is 35.5. The van der Waals surface area contributed by atoms with Crippen LogP contribution in [0.15, 0.2) is 24.3 Å². The van der Waals surface area contributed by atoms with E-state index in [-0.39, 0.29) is 18.1 Å². The summed E-state index contributed by atoms with van der Waals surface area (Å²) in [5, 5.41) is 0.422. The molecule has 156 valence electrons. The number of halogens is 1. The molecule has 3 rings (SSSR count). The zero-order chi connectivity index (χ0) is 21.2. The van der Waals surface area contributed by atoms with Crippen molar-refractivity contribution in [3.05, 3.63) is 34.9 Å². The van der Waals surface area contributed by atoms with E-state index in [1.54, 1.807) is 38.4 Å². The molecule has 1 saturated carbocycles. The SMILES string of the molecule is CN1C(=O)CC[C@H]1C(=O)OCC(=O)N(C)C1(c2ccccc2Cl)CCCCC1=O. The average molecular weight is 421 g/mol. The number of likely N-dealkylation sites (N-methyl/N-ethyl adjacent to an activating group) is 2. The molecule has 29 heavy (non-hydrogen) atoms. The van der Waals surface area contributed by atoms with Crippen molar-refractivity contribution in [3.63, 3.8) is 0 Å². The third-order valence-electron chi connectivity index (χ3n) is 6.02. The van der Waals surface area contributed by atoms with Crippen LogP contribution in [-0.2, 0) is 29.5 Å². The Labute approximate surface area is 174 Å². The van der Waals surface area contributed by atoms with Gasteiger partial charge in [-0.25, -0.2) is 4.79 Å². The molecule has 1 heterocycles. The van der Waals surface area contributed by atoms with Crippen LogP contribution in [0.3, 0.4) is 0 Å². The lowest BCUT2D eigenvalue weighted by atomic mass is 9.74. The van der Waals surface area contributed by atoms with Crippen molar-refractivity contribution in [2.75, 3.05) is 20.7 Å². The van der Waals surface area contributed by atoms with Gasteiger partial charge in [0.05, 0.1) is 0 Å². The number of carbonyl (C=O) groups is 4. The van der Waals surface area contributed by atoms with Gasteiger partial charge in [-0.15, -0.1) is 0 Å². The molecule has 0 N–H and O–H groups in total. The Kier molecular flexibility index (Phi) is 6.27. The monoisotopic (exact) mass is 420 g/mol. The summed E-state index contributed by atoms with van der Waals surface area (Å²) in [5.74, 6) is -1.29. The molecule has 8 heteroatoms. The summed E-state index contributed by atoms with van der Waals surface area (Å²) in [6, 6.07) is 6.35. The number of esters is 1. The van der Waals surface area contributed by atoms with Crippen LogP contribution in [0.2, 0.25) is 5.02 Å². The Balaban J connectivity index is 1.78. The van der Waals surface area contributed by atoms with Gasteiger partial charge in [-0.2, -0.15) is 0 Å². The summed E-state index contributed by atoms with van der Waals surface area (Å²) in [6.07, 6.45) is 3.03. The fraction of sp³-hybridized carbons (Fsp3) is 0.524. The van der Waals surface area contributed by atoms with E-state index in [0.717, 1.165) is 12.8 Å². The van der Waals surface area contributed by atoms with Crippen LogP contribution in [0, 0.1) is 0 Å². The summed E-state index contributed by atoms with van der Waals surface area (Å²) in [6.45, 7) is -0.493. The maximum Gasteiger partial charge on any atom is 0.329 e. The number of ketones is 1. The predicted octanol–water partition coefficient (Wildman–Crippen LogP) is 2.30. The predicted molar refractivity (Wildman–Crippen MR) is 106 cm³/mol. The summed E-state index contributed by atoms with van der Waals surface area (Å²) >= 11 is 6.39. The number of carbonyl (C=O) groups excluding carboxylic acids is 4. The second-order valence-corrected chi connectivity index (χ2v) is 8.00. The lowest BCUT2D eigenvalue weighted by Crippen LogP contribution is -2.55. The van der Waals surface area contributed by atoms with Gasteiger partial charge in [0.15, 0.2) is 12.4 Å². The topological polar surface area (TPSA) is 84.0 Å². The minimum Gasteiger partial charge on any atom is -0.454 e. The van der Waals surface area contributed by atoms with E-state index in [9.17, 15) is 19.2 Å². The van der Waals surface area contributed by atoms with Crippen LogP contribution in [0.1, 0.15) is 44.1 Å². The van der Waals surface area contributed by atoms with Crippen LogP contribution < -0.4 is 0 Å². The summed E-state index contributed by atoms with van der Waals surface area (Å²) in [5.41, 5.74) is -0.574. The number of Topliss-reactive ketones (excluding diaryl/α,β-unsaturated/α-hetero) is 1. The van der Waals surface area contributed by atoms with E-state index >= 15 is 0 Å². The van der Waals surface area contributed by atoms with Gasteiger partial charge in [0.2, 0.25) is 5.91 Å². The van der Waals surface area contributed by atoms with E-state index < -0.39 is 30.1 Å². The number of nitrogens with zero attached hydrogens (tertiary/aromatic N) is 2. The number of ether oxygens (including phenoxy) is 1.